The number of nitro benzene ring substituents is 1. The van der Waals surface area contributed by atoms with E-state index in [9.17, 15) is 10.1 Å². The molecule has 0 amide bonds. The molecule has 0 radical (unpaired) electrons. The number of nitrogens with one attached hydrogen (secondary N) is 1. The predicted octanol–water partition coefficient (Wildman–Crippen LogP) is 2.81. The topological polar surface area (TPSA) is 64.4 Å². The van der Waals surface area contributed by atoms with Crippen LogP contribution in [0.15, 0.2) is 18.2 Å². The fourth-order valence-corrected chi connectivity index (χ4v) is 1.71. The molecule has 0 bridgehead atoms. The maximum atomic E-state index is 10.8. The highest BCUT2D eigenvalue weighted by molar-refractivity contribution is 5.42. The van der Waals surface area contributed by atoms with Crippen LogP contribution in [0.2, 0.25) is 0 Å². The minimum absolute atomic E-state index is 0.183. The zero-order valence-electron chi connectivity index (χ0n) is 11.8. The summed E-state index contributed by atoms with van der Waals surface area (Å²) < 4.78 is 5.43. The number of nitrogens with zero attached hydrogens (tertiary/aromatic N) is 1. The van der Waals surface area contributed by atoms with Crippen LogP contribution in [0.5, 0.6) is 0 Å². The standard InChI is InChI=1S/C14H22N2O3/c1-11(2)19-8-4-7-15-10-13-6-5-12(3)14(9-13)16(17)18/h5-6,9,11,15H,4,7-8,10H2,1-3H3. The maximum absolute atomic E-state index is 10.8. The zero-order valence-corrected chi connectivity index (χ0v) is 11.8. The lowest BCUT2D eigenvalue weighted by Crippen LogP contribution is -2.17. The summed E-state index contributed by atoms with van der Waals surface area (Å²) in [6.07, 6.45) is 1.20. The lowest BCUT2D eigenvalue weighted by atomic mass is 10.1. The molecule has 19 heavy (non-hydrogen) atoms. The molecule has 0 fully saturated rings. The van der Waals surface area contributed by atoms with Crippen molar-refractivity contribution in [1.29, 1.82) is 0 Å². The van der Waals surface area contributed by atoms with Crippen LogP contribution in [0.3, 0.4) is 0 Å². The molecule has 1 N–H and O–H groups in total. The number of benzene rings is 1. The van der Waals surface area contributed by atoms with Crippen LogP contribution in [-0.4, -0.2) is 24.2 Å². The summed E-state index contributed by atoms with van der Waals surface area (Å²) in [5.74, 6) is 0. The number of ether oxygens (including phenoxy) is 1. The van der Waals surface area contributed by atoms with Crippen molar-refractivity contribution in [2.24, 2.45) is 0 Å². The first-order chi connectivity index (χ1) is 9.00. The summed E-state index contributed by atoms with van der Waals surface area (Å²) in [7, 11) is 0. The molecular weight excluding hydrogens is 244 g/mol. The Morgan fingerprint density at radius 2 is 2.16 bits per heavy atom. The van der Waals surface area contributed by atoms with Crippen LogP contribution in [0.4, 0.5) is 5.69 Å². The monoisotopic (exact) mass is 266 g/mol. The quantitative estimate of drug-likeness (QED) is 0.446. The minimum atomic E-state index is -0.338. The fourth-order valence-electron chi connectivity index (χ4n) is 1.71. The van der Waals surface area contributed by atoms with E-state index in [1.165, 1.54) is 0 Å². The average molecular weight is 266 g/mol. The molecule has 5 nitrogen and oxygen atoms in total. The molecule has 1 aromatic rings. The molecular formula is C14H22N2O3. The highest BCUT2D eigenvalue weighted by atomic mass is 16.6. The van der Waals surface area contributed by atoms with Crippen molar-refractivity contribution < 1.29 is 9.66 Å². The molecule has 0 unspecified atom stereocenters. The van der Waals surface area contributed by atoms with Crippen molar-refractivity contribution in [2.75, 3.05) is 13.2 Å². The molecule has 0 aliphatic carbocycles. The summed E-state index contributed by atoms with van der Waals surface area (Å²) in [4.78, 5) is 10.5. The first-order valence-electron chi connectivity index (χ1n) is 6.57. The molecule has 106 valence electrons. The van der Waals surface area contributed by atoms with Gasteiger partial charge in [0.25, 0.3) is 5.69 Å². The molecule has 0 saturated carbocycles. The fraction of sp³-hybridized carbons (Fsp3) is 0.571. The Morgan fingerprint density at radius 3 is 2.79 bits per heavy atom. The summed E-state index contributed by atoms with van der Waals surface area (Å²) in [6.45, 7) is 7.99. The molecule has 0 saturated heterocycles. The van der Waals surface area contributed by atoms with Crippen molar-refractivity contribution >= 4 is 5.69 Å². The van der Waals surface area contributed by atoms with Gasteiger partial charge in [-0.3, -0.25) is 10.1 Å². The van der Waals surface area contributed by atoms with Crippen molar-refractivity contribution in [3.8, 4) is 0 Å². The lowest BCUT2D eigenvalue weighted by molar-refractivity contribution is -0.385. The second-order valence-electron chi connectivity index (χ2n) is 4.83. The van der Waals surface area contributed by atoms with Gasteiger partial charge in [0.05, 0.1) is 11.0 Å². The predicted molar refractivity (Wildman–Crippen MR) is 75.2 cm³/mol. The summed E-state index contributed by atoms with van der Waals surface area (Å²) >= 11 is 0. The Bertz CT molecular complexity index is 419. The van der Waals surface area contributed by atoms with Crippen LogP contribution >= 0.6 is 0 Å². The van der Waals surface area contributed by atoms with Gasteiger partial charge >= 0.3 is 0 Å². The first kappa shape index (κ1) is 15.6. The van der Waals surface area contributed by atoms with E-state index in [0.29, 0.717) is 12.1 Å². The third-order valence-corrected chi connectivity index (χ3v) is 2.75. The van der Waals surface area contributed by atoms with E-state index in [-0.39, 0.29) is 16.7 Å². The second-order valence-corrected chi connectivity index (χ2v) is 4.83. The van der Waals surface area contributed by atoms with Crippen LogP contribution in [0.1, 0.15) is 31.4 Å². The zero-order chi connectivity index (χ0) is 14.3. The van der Waals surface area contributed by atoms with E-state index in [0.717, 1.165) is 25.1 Å². The van der Waals surface area contributed by atoms with Gasteiger partial charge in [0.15, 0.2) is 0 Å². The van der Waals surface area contributed by atoms with Gasteiger partial charge in [-0.1, -0.05) is 12.1 Å². The Kier molecular flexibility index (Phi) is 6.45. The van der Waals surface area contributed by atoms with Gasteiger partial charge in [0.1, 0.15) is 0 Å². The van der Waals surface area contributed by atoms with E-state index in [4.69, 9.17) is 4.74 Å². The lowest BCUT2D eigenvalue weighted by Gasteiger charge is -2.08. The van der Waals surface area contributed by atoms with Gasteiger partial charge < -0.3 is 10.1 Å². The Labute approximate surface area is 114 Å². The van der Waals surface area contributed by atoms with Crippen molar-refractivity contribution in [3.63, 3.8) is 0 Å². The molecule has 0 aliphatic rings. The van der Waals surface area contributed by atoms with Crippen LogP contribution in [0.25, 0.3) is 0 Å². The maximum Gasteiger partial charge on any atom is 0.272 e. The van der Waals surface area contributed by atoms with Crippen LogP contribution in [0, 0.1) is 17.0 Å². The third kappa shape index (κ3) is 5.81. The van der Waals surface area contributed by atoms with Gasteiger partial charge in [0.2, 0.25) is 0 Å². The third-order valence-electron chi connectivity index (χ3n) is 2.75. The summed E-state index contributed by atoms with van der Waals surface area (Å²) in [6, 6.07) is 5.34. The van der Waals surface area contributed by atoms with E-state index < -0.39 is 0 Å². The SMILES string of the molecule is Cc1ccc(CNCCCOC(C)C)cc1[N+](=O)[O-]. The normalized spacial score (nSPS) is 10.9. The molecule has 0 atom stereocenters. The number of hydrogen-bond acceptors (Lipinski definition) is 4. The van der Waals surface area contributed by atoms with E-state index in [2.05, 4.69) is 5.32 Å². The Hall–Kier alpha value is -1.46. The number of aryl methyl sites for hydroxylation is 1. The van der Waals surface area contributed by atoms with E-state index in [1.807, 2.05) is 19.9 Å². The Morgan fingerprint density at radius 1 is 1.42 bits per heavy atom. The van der Waals surface area contributed by atoms with Crippen molar-refractivity contribution in [3.05, 3.63) is 39.4 Å². The van der Waals surface area contributed by atoms with Crippen molar-refractivity contribution in [1.82, 2.24) is 5.32 Å². The molecule has 0 heterocycles. The molecule has 5 heteroatoms. The Balaban J connectivity index is 2.34. The molecule has 0 aromatic heterocycles. The molecule has 0 spiro atoms. The van der Waals surface area contributed by atoms with Gasteiger partial charge in [-0.15, -0.1) is 0 Å². The molecule has 0 aliphatic heterocycles. The molecule has 1 rings (SSSR count). The second kappa shape index (κ2) is 7.86. The van der Waals surface area contributed by atoms with Crippen LogP contribution < -0.4 is 5.32 Å². The van der Waals surface area contributed by atoms with Gasteiger partial charge in [-0.2, -0.15) is 0 Å². The smallest absolute Gasteiger partial charge is 0.272 e. The van der Waals surface area contributed by atoms with E-state index in [1.54, 1.807) is 19.1 Å². The van der Waals surface area contributed by atoms with Crippen molar-refractivity contribution in [2.45, 2.75) is 39.8 Å². The largest absolute Gasteiger partial charge is 0.379 e. The summed E-state index contributed by atoms with van der Waals surface area (Å²) in [5.41, 5.74) is 1.81. The van der Waals surface area contributed by atoms with Gasteiger partial charge in [-0.25, -0.2) is 0 Å². The van der Waals surface area contributed by atoms with Gasteiger partial charge in [-0.05, 0) is 39.3 Å². The number of nitro groups is 1. The highest BCUT2D eigenvalue weighted by Crippen LogP contribution is 2.18. The minimum Gasteiger partial charge on any atom is -0.379 e. The van der Waals surface area contributed by atoms with Gasteiger partial charge in [0, 0.05) is 24.8 Å². The highest BCUT2D eigenvalue weighted by Gasteiger charge is 2.10. The van der Waals surface area contributed by atoms with Crippen LogP contribution in [-0.2, 0) is 11.3 Å². The average Bonchev–Trinajstić information content (AvgIpc) is 2.34. The molecule has 1 aromatic carbocycles. The first-order valence-corrected chi connectivity index (χ1v) is 6.57. The number of rotatable bonds is 8. The van der Waals surface area contributed by atoms with E-state index >= 15 is 0 Å². The summed E-state index contributed by atoms with van der Waals surface area (Å²) in [5, 5.41) is 14.1. The number of hydrogen-bond donors (Lipinski definition) is 1.